The van der Waals surface area contributed by atoms with Gasteiger partial charge in [-0.3, -0.25) is 0 Å². The summed E-state index contributed by atoms with van der Waals surface area (Å²) < 4.78 is 38.3. The predicted molar refractivity (Wildman–Crippen MR) is 69.4 cm³/mol. The number of hydrogen-bond donors (Lipinski definition) is 1. The molecule has 0 bridgehead atoms. The van der Waals surface area contributed by atoms with Crippen molar-refractivity contribution in [2.45, 2.75) is 39.4 Å². The Morgan fingerprint density at radius 3 is 2.37 bits per heavy atom. The monoisotopic (exact) mass is 276 g/mol. The van der Waals surface area contributed by atoms with Gasteiger partial charge in [-0.25, -0.2) is 9.97 Å². The van der Waals surface area contributed by atoms with Crippen LogP contribution in [0.5, 0.6) is 0 Å². The molecule has 1 rings (SSSR count). The number of halogens is 3. The second kappa shape index (κ2) is 6.08. The van der Waals surface area contributed by atoms with Gasteiger partial charge in [-0.1, -0.05) is 6.92 Å². The lowest BCUT2D eigenvalue weighted by Crippen LogP contribution is -2.33. The fourth-order valence-corrected chi connectivity index (χ4v) is 1.71. The van der Waals surface area contributed by atoms with Crippen LogP contribution < -0.4 is 10.2 Å². The normalized spacial score (nSPS) is 11.8. The Kier molecular flexibility index (Phi) is 4.97. The number of rotatable bonds is 5. The van der Waals surface area contributed by atoms with Gasteiger partial charge in [-0.05, 0) is 20.3 Å². The molecule has 1 aromatic rings. The van der Waals surface area contributed by atoms with Gasteiger partial charge in [0.25, 0.3) is 0 Å². The van der Waals surface area contributed by atoms with E-state index in [1.54, 1.807) is 0 Å². The zero-order valence-electron chi connectivity index (χ0n) is 11.5. The number of alkyl halides is 3. The van der Waals surface area contributed by atoms with Gasteiger partial charge in [0.05, 0.1) is 0 Å². The zero-order chi connectivity index (χ0) is 14.6. The third-order valence-corrected chi connectivity index (χ3v) is 2.60. The van der Waals surface area contributed by atoms with Gasteiger partial charge in [-0.2, -0.15) is 13.2 Å². The van der Waals surface area contributed by atoms with Gasteiger partial charge >= 0.3 is 6.18 Å². The van der Waals surface area contributed by atoms with Crippen LogP contribution in [0.4, 0.5) is 24.8 Å². The van der Waals surface area contributed by atoms with Crippen molar-refractivity contribution in [3.8, 4) is 0 Å². The summed E-state index contributed by atoms with van der Waals surface area (Å²) in [7, 11) is 1.53. The minimum Gasteiger partial charge on any atom is -0.373 e. The van der Waals surface area contributed by atoms with Crippen LogP contribution in [0, 0.1) is 0 Å². The maximum atomic E-state index is 12.8. The van der Waals surface area contributed by atoms with Gasteiger partial charge in [0.1, 0.15) is 11.6 Å². The Morgan fingerprint density at radius 1 is 1.32 bits per heavy atom. The van der Waals surface area contributed by atoms with Crippen molar-refractivity contribution in [1.29, 1.82) is 0 Å². The van der Waals surface area contributed by atoms with Gasteiger partial charge in [0, 0.05) is 25.7 Å². The smallest absolute Gasteiger partial charge is 0.373 e. The van der Waals surface area contributed by atoms with E-state index in [1.165, 1.54) is 13.1 Å². The molecule has 0 amide bonds. The summed E-state index contributed by atoms with van der Waals surface area (Å²) in [6.07, 6.45) is -3.71. The third kappa shape index (κ3) is 3.97. The number of nitrogens with zero attached hydrogens (tertiary/aromatic N) is 3. The maximum absolute atomic E-state index is 12.8. The van der Waals surface area contributed by atoms with Crippen LogP contribution in [0.25, 0.3) is 0 Å². The molecule has 0 atom stereocenters. The van der Waals surface area contributed by atoms with Crippen molar-refractivity contribution in [3.05, 3.63) is 11.9 Å². The molecule has 1 N–H and O–H groups in total. The molecular formula is C12H19F3N4. The second-order valence-electron chi connectivity index (χ2n) is 4.47. The van der Waals surface area contributed by atoms with Crippen LogP contribution >= 0.6 is 0 Å². The molecule has 108 valence electrons. The Hall–Kier alpha value is -1.53. The zero-order valence-corrected chi connectivity index (χ0v) is 11.5. The average Bonchev–Trinajstić information content (AvgIpc) is 2.33. The molecule has 0 saturated carbocycles. The van der Waals surface area contributed by atoms with E-state index in [2.05, 4.69) is 15.3 Å². The van der Waals surface area contributed by atoms with Crippen LogP contribution in [0.1, 0.15) is 33.0 Å². The van der Waals surface area contributed by atoms with E-state index < -0.39 is 12.0 Å². The Bertz CT molecular complexity index is 418. The number of hydrogen-bond acceptors (Lipinski definition) is 4. The van der Waals surface area contributed by atoms with E-state index in [0.29, 0.717) is 12.4 Å². The first-order valence-corrected chi connectivity index (χ1v) is 6.20. The van der Waals surface area contributed by atoms with Crippen molar-refractivity contribution < 1.29 is 13.2 Å². The third-order valence-electron chi connectivity index (χ3n) is 2.60. The van der Waals surface area contributed by atoms with E-state index >= 15 is 0 Å². The van der Waals surface area contributed by atoms with E-state index in [1.807, 2.05) is 25.7 Å². The molecule has 0 aliphatic rings. The Labute approximate surface area is 111 Å². The highest BCUT2D eigenvalue weighted by atomic mass is 19.4. The second-order valence-corrected chi connectivity index (χ2v) is 4.47. The molecule has 0 spiro atoms. The SMILES string of the molecule is CCCN(c1cc(NC)nc(C(F)(F)F)n1)C(C)C. The molecule has 1 aromatic heterocycles. The minimum atomic E-state index is -4.55. The summed E-state index contributed by atoms with van der Waals surface area (Å²) >= 11 is 0. The molecule has 0 aromatic carbocycles. The summed E-state index contributed by atoms with van der Waals surface area (Å²) in [5, 5.41) is 2.64. The lowest BCUT2D eigenvalue weighted by atomic mass is 10.3. The molecule has 0 aliphatic carbocycles. The van der Waals surface area contributed by atoms with Gasteiger partial charge < -0.3 is 10.2 Å². The quantitative estimate of drug-likeness (QED) is 0.897. The number of aromatic nitrogens is 2. The first kappa shape index (κ1) is 15.5. The summed E-state index contributed by atoms with van der Waals surface area (Å²) in [5.41, 5.74) is 0. The van der Waals surface area contributed by atoms with Crippen LogP contribution in [-0.4, -0.2) is 29.6 Å². The van der Waals surface area contributed by atoms with E-state index in [4.69, 9.17) is 0 Å². The molecule has 19 heavy (non-hydrogen) atoms. The fraction of sp³-hybridized carbons (Fsp3) is 0.667. The molecule has 0 radical (unpaired) electrons. The fourth-order valence-electron chi connectivity index (χ4n) is 1.71. The highest BCUT2D eigenvalue weighted by Crippen LogP contribution is 2.29. The van der Waals surface area contributed by atoms with Crippen molar-refractivity contribution in [1.82, 2.24) is 9.97 Å². The topological polar surface area (TPSA) is 41.0 Å². The van der Waals surface area contributed by atoms with Crippen LogP contribution in [0.15, 0.2) is 6.07 Å². The maximum Gasteiger partial charge on any atom is 0.451 e. The van der Waals surface area contributed by atoms with E-state index in [9.17, 15) is 13.2 Å². The van der Waals surface area contributed by atoms with Crippen molar-refractivity contribution in [2.75, 3.05) is 23.8 Å². The number of anilines is 2. The molecule has 0 fully saturated rings. The first-order valence-electron chi connectivity index (χ1n) is 6.20. The van der Waals surface area contributed by atoms with E-state index in [0.717, 1.165) is 6.42 Å². The van der Waals surface area contributed by atoms with Crippen LogP contribution in [-0.2, 0) is 6.18 Å². The lowest BCUT2D eigenvalue weighted by Gasteiger charge is -2.28. The molecule has 0 unspecified atom stereocenters. The van der Waals surface area contributed by atoms with Crippen molar-refractivity contribution in [3.63, 3.8) is 0 Å². The molecule has 0 aliphatic heterocycles. The van der Waals surface area contributed by atoms with Crippen LogP contribution in [0.3, 0.4) is 0 Å². The van der Waals surface area contributed by atoms with Gasteiger partial charge in [0.15, 0.2) is 0 Å². The molecule has 4 nitrogen and oxygen atoms in total. The van der Waals surface area contributed by atoms with Gasteiger partial charge in [0.2, 0.25) is 5.82 Å². The Morgan fingerprint density at radius 2 is 1.95 bits per heavy atom. The Balaban J connectivity index is 3.25. The highest BCUT2D eigenvalue weighted by molar-refractivity contribution is 5.50. The van der Waals surface area contributed by atoms with E-state index in [-0.39, 0.29) is 11.9 Å². The molecule has 0 saturated heterocycles. The first-order chi connectivity index (χ1) is 8.79. The summed E-state index contributed by atoms with van der Waals surface area (Å²) in [4.78, 5) is 8.92. The van der Waals surface area contributed by atoms with Crippen molar-refractivity contribution >= 4 is 11.6 Å². The van der Waals surface area contributed by atoms with Gasteiger partial charge in [-0.15, -0.1) is 0 Å². The molecule has 7 heteroatoms. The average molecular weight is 276 g/mol. The number of nitrogens with one attached hydrogen (secondary N) is 1. The minimum absolute atomic E-state index is 0.0700. The van der Waals surface area contributed by atoms with Crippen molar-refractivity contribution in [2.24, 2.45) is 0 Å². The largest absolute Gasteiger partial charge is 0.451 e. The lowest BCUT2D eigenvalue weighted by molar-refractivity contribution is -0.144. The predicted octanol–water partition coefficient (Wildman–Crippen LogP) is 3.16. The summed E-state index contributed by atoms with van der Waals surface area (Å²) in [6, 6.07) is 1.60. The highest BCUT2D eigenvalue weighted by Gasteiger charge is 2.36. The standard InChI is InChI=1S/C12H19F3N4/c1-5-6-19(8(2)3)10-7-9(16-4)17-11(18-10)12(13,14)15/h7-8H,5-6H2,1-4H3,(H,16,17,18). The molecular weight excluding hydrogens is 257 g/mol. The molecule has 1 heterocycles. The summed E-state index contributed by atoms with van der Waals surface area (Å²) in [6.45, 7) is 6.46. The summed E-state index contributed by atoms with van der Waals surface area (Å²) in [5.74, 6) is -0.654. The van der Waals surface area contributed by atoms with Crippen LogP contribution in [0.2, 0.25) is 0 Å².